The zero-order valence-electron chi connectivity index (χ0n) is 15.4. The fraction of sp³-hybridized carbons (Fsp3) is 0.579. The summed E-state index contributed by atoms with van der Waals surface area (Å²) < 4.78 is 29.7. The van der Waals surface area contributed by atoms with E-state index in [1.165, 1.54) is 12.1 Å². The van der Waals surface area contributed by atoms with E-state index >= 15 is 0 Å². The van der Waals surface area contributed by atoms with Crippen molar-refractivity contribution in [2.24, 2.45) is 5.92 Å². The number of carbonyl (C=O) groups excluding carboxylic acids is 2. The Morgan fingerprint density at radius 1 is 1.15 bits per heavy atom. The molecule has 7 heteroatoms. The Balaban J connectivity index is 2.07. The number of sulfone groups is 1. The second-order valence-electron chi connectivity index (χ2n) is 7.13. The van der Waals surface area contributed by atoms with Crippen molar-refractivity contribution in [1.82, 2.24) is 5.32 Å². The molecule has 1 N–H and O–H groups in total. The van der Waals surface area contributed by atoms with E-state index in [1.807, 2.05) is 13.8 Å². The predicted molar refractivity (Wildman–Crippen MR) is 98.3 cm³/mol. The third kappa shape index (κ3) is 4.44. The Bertz CT molecular complexity index is 722. The molecule has 1 aromatic rings. The molecule has 0 bridgehead atoms. The molecule has 144 valence electrons. The fourth-order valence-electron chi connectivity index (χ4n) is 3.17. The van der Waals surface area contributed by atoms with Gasteiger partial charge in [0.05, 0.1) is 4.90 Å². The molecule has 1 fully saturated rings. The van der Waals surface area contributed by atoms with Crippen LogP contribution in [0.15, 0.2) is 35.2 Å². The molecule has 0 atom stereocenters. The van der Waals surface area contributed by atoms with E-state index in [9.17, 15) is 18.0 Å². The van der Waals surface area contributed by atoms with Crippen LogP contribution in [0.2, 0.25) is 0 Å². The van der Waals surface area contributed by atoms with Crippen molar-refractivity contribution in [2.45, 2.75) is 55.6 Å². The summed E-state index contributed by atoms with van der Waals surface area (Å²) in [6.07, 6.45) is 2.55. The van der Waals surface area contributed by atoms with Crippen LogP contribution in [0.25, 0.3) is 0 Å². The minimum Gasteiger partial charge on any atom is -0.454 e. The lowest BCUT2D eigenvalue weighted by molar-refractivity contribution is -0.151. The van der Waals surface area contributed by atoms with E-state index in [0.29, 0.717) is 25.3 Å². The van der Waals surface area contributed by atoms with Crippen molar-refractivity contribution in [1.29, 1.82) is 0 Å². The van der Waals surface area contributed by atoms with Gasteiger partial charge >= 0.3 is 5.97 Å². The SMILES string of the molecule is CC(C)CCNC(=O)COC(=O)C1(S(=O)(=O)c2ccccc2)CCCC1. The Kier molecular flexibility index (Phi) is 6.81. The maximum Gasteiger partial charge on any atom is 0.328 e. The zero-order chi connectivity index (χ0) is 19.2. The number of amides is 1. The van der Waals surface area contributed by atoms with Gasteiger partial charge < -0.3 is 10.1 Å². The standard InChI is InChI=1S/C19H27NO5S/c1-15(2)10-13-20-17(21)14-25-18(22)19(11-6-7-12-19)26(23,24)16-8-4-3-5-9-16/h3-5,8-9,15H,6-7,10-14H2,1-2H3,(H,20,21). The van der Waals surface area contributed by atoms with Crippen LogP contribution >= 0.6 is 0 Å². The predicted octanol–water partition coefficient (Wildman–Crippen LogP) is 2.48. The number of ether oxygens (including phenoxy) is 1. The summed E-state index contributed by atoms with van der Waals surface area (Å²) in [5.74, 6) is -0.780. The van der Waals surface area contributed by atoms with Crippen LogP contribution in [-0.2, 0) is 24.2 Å². The highest BCUT2D eigenvalue weighted by Crippen LogP contribution is 2.41. The summed E-state index contributed by atoms with van der Waals surface area (Å²) in [6, 6.07) is 7.95. The number of hydrogen-bond acceptors (Lipinski definition) is 5. The lowest BCUT2D eigenvalue weighted by Gasteiger charge is -2.26. The molecule has 0 radical (unpaired) electrons. The second-order valence-corrected chi connectivity index (χ2v) is 9.39. The average Bonchev–Trinajstić information content (AvgIpc) is 3.12. The van der Waals surface area contributed by atoms with Crippen LogP contribution < -0.4 is 5.32 Å². The highest BCUT2D eigenvalue weighted by molar-refractivity contribution is 7.93. The first-order chi connectivity index (χ1) is 12.3. The van der Waals surface area contributed by atoms with Crippen LogP contribution in [0, 0.1) is 5.92 Å². The van der Waals surface area contributed by atoms with E-state index in [4.69, 9.17) is 4.74 Å². The largest absolute Gasteiger partial charge is 0.454 e. The number of hydrogen-bond donors (Lipinski definition) is 1. The third-order valence-electron chi connectivity index (χ3n) is 4.73. The molecular weight excluding hydrogens is 354 g/mol. The molecule has 0 spiro atoms. The molecule has 0 aromatic heterocycles. The third-order valence-corrected chi connectivity index (χ3v) is 7.23. The average molecular weight is 381 g/mol. The molecule has 0 unspecified atom stereocenters. The Morgan fingerprint density at radius 3 is 2.35 bits per heavy atom. The molecule has 0 heterocycles. The number of benzene rings is 1. The molecule has 0 aliphatic heterocycles. The number of nitrogens with one attached hydrogen (secondary N) is 1. The van der Waals surface area contributed by atoms with Gasteiger partial charge in [0.2, 0.25) is 0 Å². The van der Waals surface area contributed by atoms with E-state index in [1.54, 1.807) is 18.2 Å². The first kappa shape index (κ1) is 20.4. The first-order valence-electron chi connectivity index (χ1n) is 9.03. The summed E-state index contributed by atoms with van der Waals surface area (Å²) in [4.78, 5) is 24.6. The fourth-order valence-corrected chi connectivity index (χ4v) is 5.24. The van der Waals surface area contributed by atoms with Crippen LogP contribution in [0.1, 0.15) is 46.0 Å². The van der Waals surface area contributed by atoms with Crippen molar-refractivity contribution in [3.05, 3.63) is 30.3 Å². The van der Waals surface area contributed by atoms with Gasteiger partial charge in [-0.3, -0.25) is 9.59 Å². The molecule has 0 saturated heterocycles. The number of esters is 1. The van der Waals surface area contributed by atoms with Crippen LogP contribution in [0.3, 0.4) is 0 Å². The molecule has 1 aliphatic carbocycles. The van der Waals surface area contributed by atoms with Crippen LogP contribution in [0.5, 0.6) is 0 Å². The van der Waals surface area contributed by atoms with Crippen molar-refractivity contribution < 1.29 is 22.7 Å². The minimum atomic E-state index is -3.88. The van der Waals surface area contributed by atoms with Crippen molar-refractivity contribution >= 4 is 21.7 Å². The number of carbonyl (C=O) groups is 2. The molecule has 6 nitrogen and oxygen atoms in total. The van der Waals surface area contributed by atoms with Gasteiger partial charge in [0.15, 0.2) is 21.2 Å². The Morgan fingerprint density at radius 2 is 1.77 bits per heavy atom. The van der Waals surface area contributed by atoms with E-state index in [2.05, 4.69) is 5.32 Å². The van der Waals surface area contributed by atoms with Crippen molar-refractivity contribution in [2.75, 3.05) is 13.2 Å². The van der Waals surface area contributed by atoms with E-state index in [-0.39, 0.29) is 17.7 Å². The molecule has 2 rings (SSSR count). The lowest BCUT2D eigenvalue weighted by atomic mass is 10.1. The molecule has 1 amide bonds. The van der Waals surface area contributed by atoms with Gasteiger partial charge in [0.1, 0.15) is 0 Å². The summed E-state index contributed by atoms with van der Waals surface area (Å²) in [7, 11) is -3.88. The molecule has 1 aliphatic rings. The Labute approximate surface area is 155 Å². The minimum absolute atomic E-state index is 0.111. The van der Waals surface area contributed by atoms with Gasteiger partial charge in [-0.05, 0) is 37.3 Å². The lowest BCUT2D eigenvalue weighted by Crippen LogP contribution is -2.46. The van der Waals surface area contributed by atoms with Crippen LogP contribution in [-0.4, -0.2) is 38.2 Å². The van der Waals surface area contributed by atoms with Gasteiger partial charge in [-0.25, -0.2) is 8.42 Å². The monoisotopic (exact) mass is 381 g/mol. The molecule has 26 heavy (non-hydrogen) atoms. The van der Waals surface area contributed by atoms with Crippen molar-refractivity contribution in [3.8, 4) is 0 Å². The molecular formula is C19H27NO5S. The quantitative estimate of drug-likeness (QED) is 0.699. The van der Waals surface area contributed by atoms with E-state index in [0.717, 1.165) is 6.42 Å². The van der Waals surface area contributed by atoms with E-state index < -0.39 is 33.1 Å². The second kappa shape index (κ2) is 8.66. The number of rotatable bonds is 8. The smallest absolute Gasteiger partial charge is 0.328 e. The van der Waals surface area contributed by atoms with Gasteiger partial charge in [-0.2, -0.15) is 0 Å². The molecule has 1 saturated carbocycles. The van der Waals surface area contributed by atoms with Gasteiger partial charge in [-0.1, -0.05) is 44.9 Å². The summed E-state index contributed by atoms with van der Waals surface area (Å²) in [5, 5.41) is 2.68. The van der Waals surface area contributed by atoms with Crippen molar-refractivity contribution in [3.63, 3.8) is 0 Å². The maximum atomic E-state index is 13.1. The van der Waals surface area contributed by atoms with Gasteiger partial charge in [0, 0.05) is 6.54 Å². The highest BCUT2D eigenvalue weighted by Gasteiger charge is 2.54. The topological polar surface area (TPSA) is 89.5 Å². The van der Waals surface area contributed by atoms with Gasteiger partial charge in [-0.15, -0.1) is 0 Å². The summed E-state index contributed by atoms with van der Waals surface area (Å²) in [6.45, 7) is 4.14. The zero-order valence-corrected chi connectivity index (χ0v) is 16.2. The normalized spacial score (nSPS) is 16.4. The summed E-state index contributed by atoms with van der Waals surface area (Å²) in [5.41, 5.74) is 0. The first-order valence-corrected chi connectivity index (χ1v) is 10.5. The van der Waals surface area contributed by atoms with Crippen LogP contribution in [0.4, 0.5) is 0 Å². The Hall–Kier alpha value is -1.89. The summed E-state index contributed by atoms with van der Waals surface area (Å²) >= 11 is 0. The highest BCUT2D eigenvalue weighted by atomic mass is 32.2. The maximum absolute atomic E-state index is 13.1. The van der Waals surface area contributed by atoms with Gasteiger partial charge in [0.25, 0.3) is 5.91 Å². The molecule has 1 aromatic carbocycles.